The van der Waals surface area contributed by atoms with Crippen molar-refractivity contribution in [3.8, 4) is 23.3 Å². The Kier molecular flexibility index (Phi) is 16.9. The number of benzene rings is 6. The summed E-state index contributed by atoms with van der Waals surface area (Å²) in [6.45, 7) is 3.79. The number of thiophene rings is 1. The topological polar surface area (TPSA) is 469 Å². The number of hydrogen-bond donors (Lipinski definition) is 9. The number of nitriles is 2. The molecule has 0 bridgehead atoms. The van der Waals surface area contributed by atoms with Crippen LogP contribution in [0.3, 0.4) is 0 Å². The van der Waals surface area contributed by atoms with Gasteiger partial charge in [0.1, 0.15) is 38.2 Å². The van der Waals surface area contributed by atoms with E-state index in [1.54, 1.807) is 24.3 Å². The van der Waals surface area contributed by atoms with E-state index in [0.29, 0.717) is 41.4 Å². The molecule has 3 heterocycles. The Labute approximate surface area is 490 Å². The maximum atomic E-state index is 12.8. The second kappa shape index (κ2) is 24.1. The van der Waals surface area contributed by atoms with Crippen LogP contribution in [-0.4, -0.2) is 83.3 Å². The Morgan fingerprint density at radius 2 is 1.05 bits per heavy atom. The van der Waals surface area contributed by atoms with Crippen LogP contribution >= 0.6 is 11.3 Å². The summed E-state index contributed by atoms with van der Waals surface area (Å²) in [7, 11) is -19.9. The van der Waals surface area contributed by atoms with E-state index in [9.17, 15) is 72.5 Å². The first-order valence-corrected chi connectivity index (χ1v) is 30.7. The van der Waals surface area contributed by atoms with Crippen LogP contribution in [0.15, 0.2) is 167 Å². The molecular formula is C51H38N16O14S5. The summed E-state index contributed by atoms with van der Waals surface area (Å²) in [5.41, 5.74) is -0.0610. The van der Waals surface area contributed by atoms with Gasteiger partial charge in [-0.05, 0) is 104 Å². The molecule has 0 aliphatic rings. The second-order valence-corrected chi connectivity index (χ2v) is 24.3. The summed E-state index contributed by atoms with van der Waals surface area (Å²) < 4.78 is 138. The first-order chi connectivity index (χ1) is 40.7. The summed E-state index contributed by atoms with van der Waals surface area (Å²) in [6.07, 6.45) is 0. The van der Waals surface area contributed by atoms with Crippen LogP contribution in [0.4, 0.5) is 79.3 Å². The molecule has 0 spiro atoms. The van der Waals surface area contributed by atoms with E-state index < -0.39 is 87.1 Å². The quantitative estimate of drug-likeness (QED) is 0.0148. The van der Waals surface area contributed by atoms with Gasteiger partial charge in [-0.1, -0.05) is 41.7 Å². The fraction of sp³-hybridized carbons (Fsp3) is 0.0588. The number of nitrogens with one attached hydrogen (secondary N) is 5. The van der Waals surface area contributed by atoms with Gasteiger partial charge in [-0.15, -0.1) is 20.5 Å². The number of nitro groups is 1. The van der Waals surface area contributed by atoms with Gasteiger partial charge in [-0.25, -0.2) is 4.98 Å². The number of rotatable bonds is 20. The van der Waals surface area contributed by atoms with Crippen molar-refractivity contribution < 1.29 is 56.8 Å². The lowest BCUT2D eigenvalue weighted by Gasteiger charge is -2.16. The van der Waals surface area contributed by atoms with Gasteiger partial charge in [-0.3, -0.25) is 28.3 Å². The fourth-order valence-electron chi connectivity index (χ4n) is 8.12. The predicted molar refractivity (Wildman–Crippen MR) is 313 cm³/mol. The van der Waals surface area contributed by atoms with E-state index in [2.05, 4.69) is 73.0 Å². The van der Waals surface area contributed by atoms with E-state index in [4.69, 9.17) is 0 Å². The number of azo groups is 2. The van der Waals surface area contributed by atoms with Crippen LogP contribution in [0, 0.1) is 39.7 Å². The van der Waals surface area contributed by atoms with Crippen LogP contribution in [0.25, 0.3) is 21.9 Å². The number of nitro benzene ring substituents is 1. The Balaban J connectivity index is 1.19. The largest absolute Gasteiger partial charge is 0.354 e. The average Bonchev–Trinajstić information content (AvgIpc) is 1.13. The number of anilines is 9. The summed E-state index contributed by atoms with van der Waals surface area (Å²) >= 11 is 0.685. The van der Waals surface area contributed by atoms with E-state index >= 15 is 0 Å². The van der Waals surface area contributed by atoms with Crippen molar-refractivity contribution in [1.29, 1.82) is 10.5 Å². The molecule has 0 fully saturated rings. The van der Waals surface area contributed by atoms with Crippen molar-refractivity contribution >= 4 is 142 Å². The van der Waals surface area contributed by atoms with Crippen LogP contribution in [0.5, 0.6) is 0 Å². The molecule has 0 aliphatic carbocycles. The molecule has 30 nitrogen and oxygen atoms in total. The monoisotopic (exact) mass is 1260 g/mol. The van der Waals surface area contributed by atoms with Gasteiger partial charge in [0, 0.05) is 63.3 Å². The third kappa shape index (κ3) is 13.7. The highest BCUT2D eigenvalue weighted by Crippen LogP contribution is 2.49. The van der Waals surface area contributed by atoms with Gasteiger partial charge in [0.15, 0.2) is 16.6 Å². The van der Waals surface area contributed by atoms with E-state index in [-0.39, 0.29) is 84.4 Å². The van der Waals surface area contributed by atoms with Crippen molar-refractivity contribution in [2.24, 2.45) is 20.5 Å². The lowest BCUT2D eigenvalue weighted by Crippen LogP contribution is -2.09. The normalized spacial score (nSPS) is 12.0. The highest BCUT2D eigenvalue weighted by atomic mass is 32.2. The Morgan fingerprint density at radius 1 is 0.558 bits per heavy atom. The highest BCUT2D eigenvalue weighted by Gasteiger charge is 2.27. The molecule has 0 atom stereocenters. The second-order valence-electron chi connectivity index (χ2n) is 17.7. The Hall–Kier alpha value is -10.3. The lowest BCUT2D eigenvalue weighted by molar-refractivity contribution is -0.384. The number of aromatic nitrogens is 4. The molecule has 436 valence electrons. The standard InChI is InChI=1S/C51H38N16O14S5/c1-3-54-49-60-50(57-29-7-5-4-6-8-29)62-51(61-49)58-32-11-9-28(10-12-32)43-40(26-53)47(82-48(43)66-63-33-21-37-38(41(22-33)85(76,77)78)23-34(67(68)69)24-42(37)86(79,80)81)65-64-44-27(2)39(25-52)45(55-30-13-17-35(18-14-30)83(70,71)72)59-46(44)56-31-15-19-36(20-16-31)84(73,74)75/h4-24H,3H2,1-2H3,(H2,55,56,59)(H,70,71,72)(H,73,74,75)(H,76,77,78)(H,79,80,81)(H3,54,57,58,60,61,62). The average molecular weight is 1260 g/mol. The first kappa shape index (κ1) is 60.3. The number of fused-ring (bicyclic) bond motifs is 1. The first-order valence-electron chi connectivity index (χ1n) is 24.2. The molecule has 9 N–H and O–H groups in total. The van der Waals surface area contributed by atoms with Crippen LogP contribution in [-0.2, 0) is 40.5 Å². The van der Waals surface area contributed by atoms with Gasteiger partial charge in [0.2, 0.25) is 17.8 Å². The van der Waals surface area contributed by atoms with Crippen molar-refractivity contribution in [2.75, 3.05) is 33.1 Å². The number of non-ortho nitro benzene ring substituents is 1. The third-order valence-electron chi connectivity index (χ3n) is 12.0. The molecule has 0 saturated heterocycles. The maximum Gasteiger partial charge on any atom is 0.295 e. The zero-order valence-corrected chi connectivity index (χ0v) is 47.7. The smallest absolute Gasteiger partial charge is 0.295 e. The Morgan fingerprint density at radius 3 is 1.57 bits per heavy atom. The van der Waals surface area contributed by atoms with E-state index in [0.717, 1.165) is 36.4 Å². The minimum atomic E-state index is -5.34. The van der Waals surface area contributed by atoms with Gasteiger partial charge < -0.3 is 26.6 Å². The molecule has 6 aromatic carbocycles. The summed E-state index contributed by atoms with van der Waals surface area (Å²) in [5.74, 6) is 0.282. The third-order valence-corrected chi connectivity index (χ3v) is 16.5. The molecule has 3 aromatic heterocycles. The van der Waals surface area contributed by atoms with Crippen molar-refractivity contribution in [3.05, 3.63) is 154 Å². The Bertz CT molecular complexity index is 4830. The number of nitrogens with zero attached hydrogens (tertiary/aromatic N) is 11. The molecule has 0 saturated carbocycles. The zero-order chi connectivity index (χ0) is 61.9. The van der Waals surface area contributed by atoms with Gasteiger partial charge in [0.05, 0.1) is 26.0 Å². The predicted octanol–water partition coefficient (Wildman–Crippen LogP) is 11.3. The summed E-state index contributed by atoms with van der Waals surface area (Å²) in [4.78, 5) is 25.6. The molecule has 0 radical (unpaired) electrons. The number of hydrogen-bond acceptors (Lipinski definition) is 26. The zero-order valence-electron chi connectivity index (χ0n) is 43.7. The number of para-hydroxylation sites is 1. The van der Waals surface area contributed by atoms with Gasteiger partial charge in [0.25, 0.3) is 46.2 Å². The van der Waals surface area contributed by atoms with Crippen LogP contribution in [0.1, 0.15) is 23.6 Å². The van der Waals surface area contributed by atoms with Crippen molar-refractivity contribution in [1.82, 2.24) is 19.9 Å². The van der Waals surface area contributed by atoms with Crippen molar-refractivity contribution in [2.45, 2.75) is 33.4 Å². The molecular weight excluding hydrogens is 1220 g/mol. The van der Waals surface area contributed by atoms with Gasteiger partial charge in [-0.2, -0.15) is 59.1 Å². The highest BCUT2D eigenvalue weighted by molar-refractivity contribution is 7.87. The molecule has 0 aliphatic heterocycles. The van der Waals surface area contributed by atoms with E-state index in [1.165, 1.54) is 31.2 Å². The SMILES string of the molecule is CCNc1nc(Nc2ccccc2)nc(Nc2ccc(-c3c(N=Nc4cc(S(=O)(=O)O)c5cc([N+](=O)[O-])cc(S(=O)(=O)O)c5c4)sc(N=Nc4c(Nc5ccc(S(=O)(=O)O)cc5)nc(Nc5ccc(S(=O)(=O)O)cc5)c(C#N)c4C)c3C#N)cc2)n1. The van der Waals surface area contributed by atoms with Crippen LogP contribution in [0.2, 0.25) is 0 Å². The summed E-state index contributed by atoms with van der Waals surface area (Å²) in [6, 6.07) is 31.7. The lowest BCUT2D eigenvalue weighted by atomic mass is 10.0. The fourth-order valence-corrected chi connectivity index (χ4v) is 11.4. The van der Waals surface area contributed by atoms with Gasteiger partial charge >= 0.3 is 0 Å². The molecule has 9 aromatic rings. The van der Waals surface area contributed by atoms with Crippen LogP contribution < -0.4 is 26.6 Å². The maximum absolute atomic E-state index is 12.8. The minimum Gasteiger partial charge on any atom is -0.354 e. The molecule has 86 heavy (non-hydrogen) atoms. The number of pyridine rings is 1. The van der Waals surface area contributed by atoms with E-state index in [1.807, 2.05) is 43.3 Å². The van der Waals surface area contributed by atoms with Crippen molar-refractivity contribution in [3.63, 3.8) is 0 Å². The molecule has 35 heteroatoms. The minimum absolute atomic E-state index is 0.0279. The molecule has 9 rings (SSSR count). The molecule has 0 unspecified atom stereocenters. The molecule has 0 amide bonds. The summed E-state index contributed by atoms with van der Waals surface area (Å²) in [5, 5.41) is 64.2.